The quantitative estimate of drug-likeness (QED) is 0.811. The molecule has 0 amide bonds. The Bertz CT molecular complexity index is 413. The standard InChI is InChI=1S/C16H25NO2S/c1-3-20-16-9-5-8-14(16)17-11-15(18)12-6-4-7-13(10-12)19-2/h4,6-7,10,14-18H,3,5,8-9,11H2,1-2H3. The zero-order valence-corrected chi connectivity index (χ0v) is 13.2. The summed E-state index contributed by atoms with van der Waals surface area (Å²) < 4.78 is 5.20. The summed E-state index contributed by atoms with van der Waals surface area (Å²) in [6, 6.07) is 8.21. The molecule has 0 radical (unpaired) electrons. The van der Waals surface area contributed by atoms with E-state index < -0.39 is 6.10 Å². The lowest BCUT2D eigenvalue weighted by Crippen LogP contribution is -2.37. The molecule has 1 fully saturated rings. The molecule has 1 aliphatic rings. The van der Waals surface area contributed by atoms with Gasteiger partial charge in [-0.05, 0) is 36.3 Å². The molecule has 3 unspecified atom stereocenters. The number of aliphatic hydroxyl groups is 1. The molecule has 2 N–H and O–H groups in total. The molecular formula is C16H25NO2S. The first-order valence-corrected chi connectivity index (χ1v) is 8.46. The number of benzene rings is 1. The predicted octanol–water partition coefficient (Wildman–Crippen LogP) is 2.99. The second kappa shape index (κ2) is 7.91. The van der Waals surface area contributed by atoms with Crippen molar-refractivity contribution in [2.24, 2.45) is 0 Å². The van der Waals surface area contributed by atoms with Crippen LogP contribution >= 0.6 is 11.8 Å². The third-order valence-electron chi connectivity index (χ3n) is 3.89. The van der Waals surface area contributed by atoms with Gasteiger partial charge in [0.2, 0.25) is 0 Å². The van der Waals surface area contributed by atoms with Crippen LogP contribution in [0.2, 0.25) is 0 Å². The highest BCUT2D eigenvalue weighted by atomic mass is 32.2. The van der Waals surface area contributed by atoms with Crippen molar-refractivity contribution in [2.75, 3.05) is 19.4 Å². The monoisotopic (exact) mass is 295 g/mol. The Morgan fingerprint density at radius 2 is 2.30 bits per heavy atom. The second-order valence-corrected chi connectivity index (χ2v) is 6.75. The number of nitrogens with one attached hydrogen (secondary N) is 1. The van der Waals surface area contributed by atoms with Gasteiger partial charge in [0.25, 0.3) is 0 Å². The minimum absolute atomic E-state index is 0.474. The van der Waals surface area contributed by atoms with Gasteiger partial charge in [0.05, 0.1) is 13.2 Å². The van der Waals surface area contributed by atoms with Gasteiger partial charge >= 0.3 is 0 Å². The lowest BCUT2D eigenvalue weighted by atomic mass is 10.1. The third-order valence-corrected chi connectivity index (χ3v) is 5.21. The summed E-state index contributed by atoms with van der Waals surface area (Å²) in [4.78, 5) is 0. The lowest BCUT2D eigenvalue weighted by molar-refractivity contribution is 0.170. The molecule has 1 saturated carbocycles. The molecule has 2 rings (SSSR count). The molecule has 1 aromatic rings. The van der Waals surface area contributed by atoms with Crippen LogP contribution in [-0.4, -0.2) is 35.8 Å². The average Bonchev–Trinajstić information content (AvgIpc) is 2.92. The molecule has 0 aromatic heterocycles. The van der Waals surface area contributed by atoms with Crippen LogP contribution < -0.4 is 10.1 Å². The summed E-state index contributed by atoms with van der Waals surface area (Å²) in [5, 5.41) is 14.5. The second-order valence-electron chi connectivity index (χ2n) is 5.23. The van der Waals surface area contributed by atoms with E-state index in [1.807, 2.05) is 36.0 Å². The summed E-state index contributed by atoms with van der Waals surface area (Å²) in [6.07, 6.45) is 3.34. The maximum absolute atomic E-state index is 10.3. The van der Waals surface area contributed by atoms with Gasteiger partial charge in [-0.3, -0.25) is 0 Å². The minimum atomic E-state index is -0.474. The fourth-order valence-electron chi connectivity index (χ4n) is 2.80. The van der Waals surface area contributed by atoms with Crippen LogP contribution in [0.5, 0.6) is 5.75 Å². The number of aliphatic hydroxyl groups excluding tert-OH is 1. The number of methoxy groups -OCH3 is 1. The van der Waals surface area contributed by atoms with Crippen LogP contribution in [0.1, 0.15) is 37.9 Å². The lowest BCUT2D eigenvalue weighted by Gasteiger charge is -2.22. The fourth-order valence-corrected chi connectivity index (χ4v) is 4.03. The summed E-state index contributed by atoms with van der Waals surface area (Å²) in [7, 11) is 1.65. The van der Waals surface area contributed by atoms with Crippen LogP contribution in [0.15, 0.2) is 24.3 Å². The Balaban J connectivity index is 1.86. The molecule has 112 valence electrons. The van der Waals surface area contributed by atoms with Gasteiger partial charge in [0, 0.05) is 17.8 Å². The Hall–Kier alpha value is -0.710. The molecule has 3 atom stereocenters. The van der Waals surface area contributed by atoms with Crippen LogP contribution in [0, 0.1) is 0 Å². The van der Waals surface area contributed by atoms with Crippen molar-refractivity contribution in [3.8, 4) is 5.75 Å². The van der Waals surface area contributed by atoms with E-state index in [0.717, 1.165) is 11.3 Å². The summed E-state index contributed by atoms with van der Waals surface area (Å²) in [6.45, 7) is 2.82. The van der Waals surface area contributed by atoms with E-state index in [1.165, 1.54) is 25.0 Å². The number of hydrogen-bond acceptors (Lipinski definition) is 4. The first-order valence-electron chi connectivity index (χ1n) is 7.41. The first-order chi connectivity index (χ1) is 9.74. The number of rotatable bonds is 7. The van der Waals surface area contributed by atoms with Crippen molar-refractivity contribution in [3.05, 3.63) is 29.8 Å². The van der Waals surface area contributed by atoms with Gasteiger partial charge < -0.3 is 15.2 Å². The van der Waals surface area contributed by atoms with E-state index in [9.17, 15) is 5.11 Å². The molecule has 0 bridgehead atoms. The maximum atomic E-state index is 10.3. The van der Waals surface area contributed by atoms with Gasteiger partial charge in [-0.2, -0.15) is 11.8 Å². The average molecular weight is 295 g/mol. The predicted molar refractivity (Wildman–Crippen MR) is 85.5 cm³/mol. The molecule has 1 aliphatic carbocycles. The van der Waals surface area contributed by atoms with Crippen molar-refractivity contribution in [1.82, 2.24) is 5.32 Å². The SMILES string of the molecule is CCSC1CCCC1NCC(O)c1cccc(OC)c1. The van der Waals surface area contributed by atoms with E-state index >= 15 is 0 Å². The summed E-state index contributed by atoms with van der Waals surface area (Å²) in [5.74, 6) is 1.96. The molecule has 0 heterocycles. The topological polar surface area (TPSA) is 41.5 Å². The highest BCUT2D eigenvalue weighted by Crippen LogP contribution is 2.30. The Kier molecular flexibility index (Phi) is 6.20. The molecule has 4 heteroatoms. The summed E-state index contributed by atoms with van der Waals surface area (Å²) in [5.41, 5.74) is 0.912. The smallest absolute Gasteiger partial charge is 0.119 e. The van der Waals surface area contributed by atoms with E-state index in [4.69, 9.17) is 4.74 Å². The van der Waals surface area contributed by atoms with Crippen molar-refractivity contribution in [2.45, 2.75) is 43.6 Å². The zero-order chi connectivity index (χ0) is 14.4. The maximum Gasteiger partial charge on any atom is 0.119 e. The van der Waals surface area contributed by atoms with Gasteiger partial charge in [0.15, 0.2) is 0 Å². The van der Waals surface area contributed by atoms with Crippen LogP contribution in [0.3, 0.4) is 0 Å². The molecule has 0 saturated heterocycles. The molecule has 1 aromatic carbocycles. The first kappa shape index (κ1) is 15.7. The van der Waals surface area contributed by atoms with Crippen molar-refractivity contribution in [1.29, 1.82) is 0 Å². The number of thioether (sulfide) groups is 1. The van der Waals surface area contributed by atoms with Crippen molar-refractivity contribution in [3.63, 3.8) is 0 Å². The normalized spacial score (nSPS) is 23.8. The molecular weight excluding hydrogens is 270 g/mol. The van der Waals surface area contributed by atoms with E-state index in [2.05, 4.69) is 12.2 Å². The van der Waals surface area contributed by atoms with Crippen molar-refractivity contribution < 1.29 is 9.84 Å². The van der Waals surface area contributed by atoms with Gasteiger partial charge in [-0.1, -0.05) is 25.5 Å². The molecule has 20 heavy (non-hydrogen) atoms. The van der Waals surface area contributed by atoms with Crippen LogP contribution in [0.4, 0.5) is 0 Å². The highest BCUT2D eigenvalue weighted by molar-refractivity contribution is 7.99. The molecule has 3 nitrogen and oxygen atoms in total. The van der Waals surface area contributed by atoms with E-state index in [1.54, 1.807) is 7.11 Å². The van der Waals surface area contributed by atoms with Crippen LogP contribution in [0.25, 0.3) is 0 Å². The largest absolute Gasteiger partial charge is 0.497 e. The Morgan fingerprint density at radius 1 is 1.45 bits per heavy atom. The Morgan fingerprint density at radius 3 is 3.05 bits per heavy atom. The van der Waals surface area contributed by atoms with Gasteiger partial charge in [-0.15, -0.1) is 0 Å². The number of hydrogen-bond donors (Lipinski definition) is 2. The van der Waals surface area contributed by atoms with Gasteiger partial charge in [-0.25, -0.2) is 0 Å². The zero-order valence-electron chi connectivity index (χ0n) is 12.3. The highest BCUT2D eigenvalue weighted by Gasteiger charge is 2.27. The fraction of sp³-hybridized carbons (Fsp3) is 0.625. The molecule has 0 aliphatic heterocycles. The minimum Gasteiger partial charge on any atom is -0.497 e. The Labute approximate surface area is 126 Å². The number of ether oxygens (including phenoxy) is 1. The van der Waals surface area contributed by atoms with E-state index in [0.29, 0.717) is 17.8 Å². The van der Waals surface area contributed by atoms with E-state index in [-0.39, 0.29) is 0 Å². The van der Waals surface area contributed by atoms with Gasteiger partial charge in [0.1, 0.15) is 5.75 Å². The van der Waals surface area contributed by atoms with Crippen molar-refractivity contribution >= 4 is 11.8 Å². The third kappa shape index (κ3) is 4.14. The molecule has 0 spiro atoms. The van der Waals surface area contributed by atoms with Crippen LogP contribution in [-0.2, 0) is 0 Å². The summed E-state index contributed by atoms with van der Waals surface area (Å²) >= 11 is 2.04.